The number of amides is 1. The van der Waals surface area contributed by atoms with Crippen molar-refractivity contribution in [3.63, 3.8) is 0 Å². The van der Waals surface area contributed by atoms with Crippen molar-refractivity contribution >= 4 is 11.6 Å². The number of hydrogen-bond acceptors (Lipinski definition) is 4. The number of benzene rings is 1. The fourth-order valence-corrected chi connectivity index (χ4v) is 1.54. The van der Waals surface area contributed by atoms with E-state index in [1.807, 2.05) is 31.2 Å². The monoisotopic (exact) mass is 245 g/mol. The zero-order valence-corrected chi connectivity index (χ0v) is 10.3. The molecule has 0 bridgehead atoms. The number of carbonyl (C=O) groups is 1. The van der Waals surface area contributed by atoms with E-state index in [0.29, 0.717) is 12.4 Å². The third-order valence-electron chi connectivity index (χ3n) is 2.36. The molecule has 6 heteroatoms. The maximum Gasteiger partial charge on any atom is 0.238 e. The second-order valence-electron chi connectivity index (χ2n) is 3.90. The summed E-state index contributed by atoms with van der Waals surface area (Å²) in [5, 5.41) is 12.4. The Labute approximate surface area is 105 Å². The molecule has 0 atom stereocenters. The molecule has 3 N–H and O–H groups in total. The highest BCUT2D eigenvalue weighted by Gasteiger charge is 2.04. The molecule has 2 aromatic rings. The number of rotatable bonds is 4. The van der Waals surface area contributed by atoms with Gasteiger partial charge in [-0.1, -0.05) is 0 Å². The van der Waals surface area contributed by atoms with Crippen molar-refractivity contribution in [1.82, 2.24) is 20.5 Å². The molecule has 0 spiro atoms. The van der Waals surface area contributed by atoms with Crippen LogP contribution in [0.5, 0.6) is 0 Å². The van der Waals surface area contributed by atoms with Gasteiger partial charge in [-0.3, -0.25) is 9.89 Å². The lowest BCUT2D eigenvalue weighted by Gasteiger charge is -2.04. The van der Waals surface area contributed by atoms with Crippen molar-refractivity contribution in [1.29, 1.82) is 0 Å². The molecule has 1 heterocycles. The number of likely N-dealkylation sites (N-methyl/N-ethyl adjacent to an activating group) is 1. The van der Waals surface area contributed by atoms with Gasteiger partial charge in [-0.25, -0.2) is 4.98 Å². The molecule has 0 saturated carbocycles. The molecule has 6 nitrogen and oxygen atoms in total. The van der Waals surface area contributed by atoms with Crippen LogP contribution in [0, 0.1) is 6.92 Å². The number of carbonyl (C=O) groups excluding carboxylic acids is 1. The van der Waals surface area contributed by atoms with Gasteiger partial charge in [0.15, 0.2) is 5.82 Å². The van der Waals surface area contributed by atoms with Gasteiger partial charge in [-0.2, -0.15) is 5.10 Å². The summed E-state index contributed by atoms with van der Waals surface area (Å²) < 4.78 is 0. The van der Waals surface area contributed by atoms with Crippen LogP contribution in [0.3, 0.4) is 0 Å². The topological polar surface area (TPSA) is 82.7 Å². The largest absolute Gasteiger partial charge is 0.325 e. The molecule has 0 saturated heterocycles. The number of H-pyrrole nitrogens is 1. The first-order valence-electron chi connectivity index (χ1n) is 5.63. The average Bonchev–Trinajstić information content (AvgIpc) is 2.77. The van der Waals surface area contributed by atoms with E-state index in [1.54, 1.807) is 7.05 Å². The standard InChI is InChI=1S/C12H15N5O/c1-8-14-12(17-16-8)9-3-5-10(6-4-9)15-11(18)7-13-2/h3-6,13H,7H2,1-2H3,(H,15,18)(H,14,16,17). The first kappa shape index (κ1) is 12.3. The number of nitrogens with one attached hydrogen (secondary N) is 3. The van der Waals surface area contributed by atoms with Crippen molar-refractivity contribution in [3.8, 4) is 11.4 Å². The molecule has 0 aliphatic carbocycles. The Morgan fingerprint density at radius 3 is 2.61 bits per heavy atom. The second kappa shape index (κ2) is 5.42. The lowest BCUT2D eigenvalue weighted by molar-refractivity contribution is -0.115. The van der Waals surface area contributed by atoms with E-state index >= 15 is 0 Å². The van der Waals surface area contributed by atoms with Crippen molar-refractivity contribution in [2.75, 3.05) is 18.9 Å². The van der Waals surface area contributed by atoms with Crippen molar-refractivity contribution in [3.05, 3.63) is 30.1 Å². The van der Waals surface area contributed by atoms with E-state index in [-0.39, 0.29) is 5.91 Å². The quantitative estimate of drug-likeness (QED) is 0.748. The van der Waals surface area contributed by atoms with Crippen molar-refractivity contribution < 1.29 is 4.79 Å². The first-order chi connectivity index (χ1) is 8.69. The van der Waals surface area contributed by atoms with Gasteiger partial charge in [0.25, 0.3) is 0 Å². The van der Waals surface area contributed by atoms with Gasteiger partial charge in [0.05, 0.1) is 6.54 Å². The molecular formula is C12H15N5O. The van der Waals surface area contributed by atoms with E-state index in [1.165, 1.54) is 0 Å². The highest BCUT2D eigenvalue weighted by Crippen LogP contribution is 2.17. The Balaban J connectivity index is 2.08. The maximum atomic E-state index is 11.4. The van der Waals surface area contributed by atoms with E-state index in [4.69, 9.17) is 0 Å². The van der Waals surface area contributed by atoms with Crippen LogP contribution in [0.2, 0.25) is 0 Å². The van der Waals surface area contributed by atoms with Crippen molar-refractivity contribution in [2.24, 2.45) is 0 Å². The Morgan fingerprint density at radius 1 is 1.33 bits per heavy atom. The van der Waals surface area contributed by atoms with E-state index in [0.717, 1.165) is 17.1 Å². The molecule has 2 rings (SSSR count). The van der Waals surface area contributed by atoms with Gasteiger partial charge in [0.1, 0.15) is 5.82 Å². The van der Waals surface area contributed by atoms with E-state index < -0.39 is 0 Å². The Hall–Kier alpha value is -2.21. The third-order valence-corrected chi connectivity index (χ3v) is 2.36. The van der Waals surface area contributed by atoms with Gasteiger partial charge in [-0.15, -0.1) is 0 Å². The van der Waals surface area contributed by atoms with Crippen LogP contribution in [-0.4, -0.2) is 34.7 Å². The fraction of sp³-hybridized carbons (Fsp3) is 0.250. The molecule has 0 unspecified atom stereocenters. The second-order valence-corrected chi connectivity index (χ2v) is 3.90. The predicted octanol–water partition coefficient (Wildman–Crippen LogP) is 0.938. The minimum atomic E-state index is -0.0704. The molecule has 1 aromatic heterocycles. The zero-order valence-electron chi connectivity index (χ0n) is 10.3. The van der Waals surface area contributed by atoms with Crippen LogP contribution in [0.1, 0.15) is 5.82 Å². The minimum Gasteiger partial charge on any atom is -0.325 e. The Kier molecular flexibility index (Phi) is 3.69. The van der Waals surface area contributed by atoms with Crippen LogP contribution in [0.25, 0.3) is 11.4 Å². The molecule has 94 valence electrons. The number of nitrogens with zero attached hydrogens (tertiary/aromatic N) is 2. The highest BCUT2D eigenvalue weighted by atomic mass is 16.1. The fourth-order valence-electron chi connectivity index (χ4n) is 1.54. The lowest BCUT2D eigenvalue weighted by atomic mass is 10.2. The zero-order chi connectivity index (χ0) is 13.0. The van der Waals surface area contributed by atoms with Crippen LogP contribution < -0.4 is 10.6 Å². The molecule has 0 aliphatic rings. The van der Waals surface area contributed by atoms with E-state index in [9.17, 15) is 4.79 Å². The maximum absolute atomic E-state index is 11.4. The van der Waals surface area contributed by atoms with Gasteiger partial charge in [-0.05, 0) is 38.2 Å². The predicted molar refractivity (Wildman–Crippen MR) is 69.1 cm³/mol. The van der Waals surface area contributed by atoms with Gasteiger partial charge in [0, 0.05) is 11.3 Å². The molecule has 0 radical (unpaired) electrons. The third kappa shape index (κ3) is 2.92. The summed E-state index contributed by atoms with van der Waals surface area (Å²) in [7, 11) is 1.73. The summed E-state index contributed by atoms with van der Waals surface area (Å²) in [5.41, 5.74) is 1.66. The Morgan fingerprint density at radius 2 is 2.06 bits per heavy atom. The minimum absolute atomic E-state index is 0.0704. The highest BCUT2D eigenvalue weighted by molar-refractivity contribution is 5.92. The normalized spacial score (nSPS) is 10.3. The van der Waals surface area contributed by atoms with Crippen LogP contribution >= 0.6 is 0 Å². The van der Waals surface area contributed by atoms with Crippen LogP contribution in [-0.2, 0) is 4.79 Å². The van der Waals surface area contributed by atoms with Gasteiger partial charge < -0.3 is 10.6 Å². The van der Waals surface area contributed by atoms with Crippen LogP contribution in [0.4, 0.5) is 5.69 Å². The van der Waals surface area contributed by atoms with E-state index in [2.05, 4.69) is 25.8 Å². The lowest BCUT2D eigenvalue weighted by Crippen LogP contribution is -2.24. The number of aromatic nitrogens is 3. The number of aryl methyl sites for hydroxylation is 1. The smallest absolute Gasteiger partial charge is 0.238 e. The molecule has 0 fully saturated rings. The molecule has 0 aliphatic heterocycles. The summed E-state index contributed by atoms with van der Waals surface area (Å²) in [6.45, 7) is 2.14. The summed E-state index contributed by atoms with van der Waals surface area (Å²) in [6, 6.07) is 7.40. The summed E-state index contributed by atoms with van der Waals surface area (Å²) in [6.07, 6.45) is 0. The van der Waals surface area contributed by atoms with Crippen LogP contribution in [0.15, 0.2) is 24.3 Å². The number of aromatic amines is 1. The van der Waals surface area contributed by atoms with Crippen molar-refractivity contribution in [2.45, 2.75) is 6.92 Å². The number of hydrogen-bond donors (Lipinski definition) is 3. The SMILES string of the molecule is CNCC(=O)Nc1ccc(-c2n[nH]c(C)n2)cc1. The first-order valence-corrected chi connectivity index (χ1v) is 5.63. The molecule has 18 heavy (non-hydrogen) atoms. The van der Waals surface area contributed by atoms with Gasteiger partial charge >= 0.3 is 0 Å². The molecule has 1 amide bonds. The Bertz CT molecular complexity index is 532. The summed E-state index contributed by atoms with van der Waals surface area (Å²) >= 11 is 0. The van der Waals surface area contributed by atoms with Gasteiger partial charge in [0.2, 0.25) is 5.91 Å². The number of anilines is 1. The average molecular weight is 245 g/mol. The molecule has 1 aromatic carbocycles. The molecular weight excluding hydrogens is 230 g/mol. The summed E-state index contributed by atoms with van der Waals surface area (Å²) in [4.78, 5) is 15.6. The summed E-state index contributed by atoms with van der Waals surface area (Å²) in [5.74, 6) is 1.36.